The van der Waals surface area contributed by atoms with Gasteiger partial charge >= 0.3 is 5.97 Å². The maximum atomic E-state index is 11.9. The van der Waals surface area contributed by atoms with Crippen LogP contribution in [0.2, 0.25) is 5.02 Å². The number of carbonyl (C=O) groups is 1. The summed E-state index contributed by atoms with van der Waals surface area (Å²) in [7, 11) is 1.38. The first-order valence-electron chi connectivity index (χ1n) is 8.44. The molecule has 0 N–H and O–H groups in total. The summed E-state index contributed by atoms with van der Waals surface area (Å²) < 4.78 is 6.82. The van der Waals surface area contributed by atoms with Crippen LogP contribution in [0.5, 0.6) is 0 Å². The predicted octanol–water partition coefficient (Wildman–Crippen LogP) is 4.86. The average Bonchev–Trinajstić information content (AvgIpc) is 3.06. The van der Waals surface area contributed by atoms with Gasteiger partial charge in [0.05, 0.1) is 12.8 Å². The van der Waals surface area contributed by atoms with E-state index >= 15 is 0 Å². The third-order valence-electron chi connectivity index (χ3n) is 4.14. The summed E-state index contributed by atoms with van der Waals surface area (Å²) in [5.74, 6) is 0.366. The van der Waals surface area contributed by atoms with E-state index in [2.05, 4.69) is 28.4 Å². The lowest BCUT2D eigenvalue weighted by molar-refractivity contribution is -0.139. The zero-order valence-corrected chi connectivity index (χ0v) is 17.1. The molecule has 27 heavy (non-hydrogen) atoms. The number of carbonyl (C=O) groups excluding carboxylic acids is 1. The number of hydrogen-bond donors (Lipinski definition) is 0. The monoisotopic (exact) mass is 401 g/mol. The largest absolute Gasteiger partial charge is 0.468 e. The Kier molecular flexibility index (Phi) is 5.87. The van der Waals surface area contributed by atoms with Crippen LogP contribution >= 0.6 is 23.4 Å². The fourth-order valence-electron chi connectivity index (χ4n) is 2.71. The van der Waals surface area contributed by atoms with Crippen molar-refractivity contribution in [1.82, 2.24) is 14.8 Å². The van der Waals surface area contributed by atoms with E-state index in [-0.39, 0.29) is 5.97 Å². The molecule has 1 atom stereocenters. The second-order valence-electron chi connectivity index (χ2n) is 6.23. The Morgan fingerprint density at radius 3 is 2.67 bits per heavy atom. The summed E-state index contributed by atoms with van der Waals surface area (Å²) in [6, 6.07) is 13.7. The Morgan fingerprint density at radius 2 is 1.96 bits per heavy atom. The number of aryl methyl sites for hydroxylation is 2. The van der Waals surface area contributed by atoms with Gasteiger partial charge in [-0.25, -0.2) is 0 Å². The first-order valence-corrected chi connectivity index (χ1v) is 9.70. The van der Waals surface area contributed by atoms with Gasteiger partial charge in [-0.1, -0.05) is 47.6 Å². The third-order valence-corrected chi connectivity index (χ3v) is 5.39. The van der Waals surface area contributed by atoms with E-state index in [9.17, 15) is 4.79 Å². The smallest absolute Gasteiger partial charge is 0.318 e. The molecule has 0 bridgehead atoms. The highest BCUT2D eigenvalue weighted by molar-refractivity contribution is 8.00. The van der Waals surface area contributed by atoms with E-state index in [1.807, 2.05) is 42.7 Å². The normalized spacial score (nSPS) is 12.0. The van der Waals surface area contributed by atoms with Gasteiger partial charge in [-0.15, -0.1) is 10.2 Å². The number of ether oxygens (including phenoxy) is 1. The third kappa shape index (κ3) is 4.17. The molecule has 1 aromatic heterocycles. The van der Waals surface area contributed by atoms with Crippen LogP contribution in [0.15, 0.2) is 47.6 Å². The van der Waals surface area contributed by atoms with Crippen LogP contribution in [0.1, 0.15) is 18.1 Å². The molecule has 0 saturated carbocycles. The molecule has 0 fully saturated rings. The summed E-state index contributed by atoms with van der Waals surface area (Å²) >= 11 is 7.49. The molecule has 0 radical (unpaired) electrons. The van der Waals surface area contributed by atoms with Gasteiger partial charge in [0, 0.05) is 10.6 Å². The maximum absolute atomic E-state index is 11.9. The van der Waals surface area contributed by atoms with Crippen molar-refractivity contribution >= 4 is 29.3 Å². The summed E-state index contributed by atoms with van der Waals surface area (Å²) in [6.45, 7) is 5.86. The minimum atomic E-state index is -0.407. The summed E-state index contributed by atoms with van der Waals surface area (Å²) in [4.78, 5) is 11.9. The van der Waals surface area contributed by atoms with Crippen LogP contribution in [-0.4, -0.2) is 33.1 Å². The lowest BCUT2D eigenvalue weighted by atomic mass is 10.1. The Bertz CT molecular complexity index is 987. The Hall–Kier alpha value is -2.31. The number of halogens is 1. The predicted molar refractivity (Wildman–Crippen MR) is 109 cm³/mol. The Morgan fingerprint density at radius 1 is 1.19 bits per heavy atom. The number of aromatic nitrogens is 3. The molecule has 3 rings (SSSR count). The van der Waals surface area contributed by atoms with Crippen molar-refractivity contribution in [3.63, 3.8) is 0 Å². The number of methoxy groups -OCH3 is 1. The summed E-state index contributed by atoms with van der Waals surface area (Å²) in [6.07, 6.45) is 0. The van der Waals surface area contributed by atoms with Crippen molar-refractivity contribution in [1.29, 1.82) is 0 Å². The van der Waals surface area contributed by atoms with Crippen LogP contribution in [-0.2, 0) is 9.53 Å². The van der Waals surface area contributed by atoms with E-state index in [0.29, 0.717) is 16.0 Å². The zero-order chi connectivity index (χ0) is 19.6. The summed E-state index contributed by atoms with van der Waals surface area (Å²) in [5, 5.41) is 9.59. The molecule has 1 heterocycles. The summed E-state index contributed by atoms with van der Waals surface area (Å²) in [5.41, 5.74) is 4.03. The van der Waals surface area contributed by atoms with E-state index < -0.39 is 5.25 Å². The minimum absolute atomic E-state index is 0.306. The van der Waals surface area contributed by atoms with Gasteiger partial charge in [0.15, 0.2) is 11.0 Å². The van der Waals surface area contributed by atoms with E-state index in [1.165, 1.54) is 18.9 Å². The van der Waals surface area contributed by atoms with Gasteiger partial charge in [-0.3, -0.25) is 9.36 Å². The highest BCUT2D eigenvalue weighted by atomic mass is 35.5. The highest BCUT2D eigenvalue weighted by Gasteiger charge is 2.23. The van der Waals surface area contributed by atoms with Crippen molar-refractivity contribution in [2.45, 2.75) is 31.2 Å². The number of rotatable bonds is 5. The van der Waals surface area contributed by atoms with Gasteiger partial charge in [-0.2, -0.15) is 0 Å². The highest BCUT2D eigenvalue weighted by Crippen LogP contribution is 2.32. The van der Waals surface area contributed by atoms with Gasteiger partial charge < -0.3 is 4.74 Å². The van der Waals surface area contributed by atoms with Crippen LogP contribution < -0.4 is 0 Å². The molecule has 0 saturated heterocycles. The first-order chi connectivity index (χ1) is 12.9. The molecule has 140 valence electrons. The molecule has 5 nitrogen and oxygen atoms in total. The standard InChI is InChI=1S/C20H20ClN3O2S/c1-12-8-9-13(2)17(10-12)24-18(15-6-5-7-16(21)11-15)22-23-20(24)27-14(3)19(25)26-4/h5-11,14H,1-4H3. The fraction of sp³-hybridized carbons (Fsp3) is 0.250. The Labute approximate surface area is 167 Å². The quantitative estimate of drug-likeness (QED) is 0.451. The van der Waals surface area contributed by atoms with Crippen molar-refractivity contribution in [3.05, 3.63) is 58.6 Å². The molecule has 0 aliphatic carbocycles. The van der Waals surface area contributed by atoms with Crippen LogP contribution in [0, 0.1) is 13.8 Å². The van der Waals surface area contributed by atoms with E-state index in [0.717, 1.165) is 22.4 Å². The van der Waals surface area contributed by atoms with Gasteiger partial charge in [0.2, 0.25) is 0 Å². The van der Waals surface area contributed by atoms with Crippen LogP contribution in [0.3, 0.4) is 0 Å². The molecule has 3 aromatic rings. The fourth-order valence-corrected chi connectivity index (χ4v) is 3.79. The molecule has 7 heteroatoms. The van der Waals surface area contributed by atoms with E-state index in [1.54, 1.807) is 6.92 Å². The van der Waals surface area contributed by atoms with Gasteiger partial charge in [0.1, 0.15) is 5.25 Å². The van der Waals surface area contributed by atoms with Crippen molar-refractivity contribution in [3.8, 4) is 17.1 Å². The zero-order valence-electron chi connectivity index (χ0n) is 15.6. The molecule has 0 spiro atoms. The van der Waals surface area contributed by atoms with Crippen LogP contribution in [0.25, 0.3) is 17.1 Å². The molecule has 2 aromatic carbocycles. The molecule has 0 amide bonds. The number of nitrogens with zero attached hydrogens (tertiary/aromatic N) is 3. The minimum Gasteiger partial charge on any atom is -0.468 e. The molecular formula is C20H20ClN3O2S. The SMILES string of the molecule is COC(=O)C(C)Sc1nnc(-c2cccc(Cl)c2)n1-c1cc(C)ccc1C. The van der Waals surface area contributed by atoms with Crippen molar-refractivity contribution in [2.75, 3.05) is 7.11 Å². The topological polar surface area (TPSA) is 57.0 Å². The first kappa shape index (κ1) is 19.5. The molecule has 1 unspecified atom stereocenters. The molecule has 0 aliphatic heterocycles. The molecular weight excluding hydrogens is 382 g/mol. The maximum Gasteiger partial charge on any atom is 0.318 e. The Balaban J connectivity index is 2.18. The van der Waals surface area contributed by atoms with Gasteiger partial charge in [-0.05, 0) is 50.1 Å². The van der Waals surface area contributed by atoms with Crippen molar-refractivity contribution < 1.29 is 9.53 Å². The molecule has 0 aliphatic rings. The second kappa shape index (κ2) is 8.15. The average molecular weight is 402 g/mol. The number of hydrogen-bond acceptors (Lipinski definition) is 5. The number of thioether (sulfide) groups is 1. The van der Waals surface area contributed by atoms with Crippen molar-refractivity contribution in [2.24, 2.45) is 0 Å². The number of esters is 1. The van der Waals surface area contributed by atoms with Gasteiger partial charge in [0.25, 0.3) is 0 Å². The van der Waals surface area contributed by atoms with Crippen LogP contribution in [0.4, 0.5) is 0 Å². The van der Waals surface area contributed by atoms with E-state index in [4.69, 9.17) is 16.3 Å². The second-order valence-corrected chi connectivity index (χ2v) is 7.97. The number of benzene rings is 2. The lowest BCUT2D eigenvalue weighted by Gasteiger charge is -2.15. The lowest BCUT2D eigenvalue weighted by Crippen LogP contribution is -2.15.